The van der Waals surface area contributed by atoms with Crippen molar-refractivity contribution in [1.82, 2.24) is 4.90 Å². The summed E-state index contributed by atoms with van der Waals surface area (Å²) < 4.78 is 4.93. The van der Waals surface area contributed by atoms with Crippen LogP contribution < -0.4 is 0 Å². The topological polar surface area (TPSA) is 29.5 Å². The van der Waals surface area contributed by atoms with E-state index in [-0.39, 0.29) is 5.97 Å². The second kappa shape index (κ2) is 6.13. The zero-order valence-electron chi connectivity index (χ0n) is 9.33. The number of esters is 1. The van der Waals surface area contributed by atoms with Gasteiger partial charge in [0, 0.05) is 18.1 Å². The Labute approximate surface area is 96.0 Å². The highest BCUT2D eigenvalue weighted by Crippen LogP contribution is 2.27. The molecule has 0 heterocycles. The van der Waals surface area contributed by atoms with Gasteiger partial charge in [-0.15, -0.1) is 0 Å². The van der Waals surface area contributed by atoms with E-state index in [1.54, 1.807) is 5.54 Å². The van der Waals surface area contributed by atoms with Crippen LogP contribution in [0.4, 0.5) is 0 Å². The molecule has 0 N–H and O–H groups in total. The first kappa shape index (κ1) is 12.5. The van der Waals surface area contributed by atoms with Crippen LogP contribution in [0.2, 0.25) is 0 Å². The van der Waals surface area contributed by atoms with Gasteiger partial charge in [-0.3, -0.25) is 9.69 Å². The minimum absolute atomic E-state index is 0.147. The highest BCUT2D eigenvalue weighted by Gasteiger charge is 2.30. The fourth-order valence-electron chi connectivity index (χ4n) is 1.48. The highest BCUT2D eigenvalue weighted by molar-refractivity contribution is 6.25. The van der Waals surface area contributed by atoms with Crippen LogP contribution in [0.3, 0.4) is 0 Å². The summed E-state index contributed by atoms with van der Waals surface area (Å²) in [4.78, 5) is 13.5. The maximum Gasteiger partial charge on any atom is 0.320 e. The van der Waals surface area contributed by atoms with E-state index in [9.17, 15) is 4.79 Å². The lowest BCUT2D eigenvalue weighted by Gasteiger charge is -2.20. The van der Waals surface area contributed by atoms with Gasteiger partial charge in [-0.25, -0.2) is 0 Å². The van der Waals surface area contributed by atoms with Crippen LogP contribution in [-0.2, 0) is 9.53 Å². The van der Waals surface area contributed by atoms with Crippen LogP contribution in [0.5, 0.6) is 0 Å². The Morgan fingerprint density at radius 2 is 2.20 bits per heavy atom. The quantitative estimate of drug-likeness (QED) is 0.656. The molecule has 0 saturated heterocycles. The average Bonchev–Trinajstić information content (AvgIpc) is 3.00. The van der Waals surface area contributed by atoms with E-state index in [1.165, 1.54) is 12.8 Å². The van der Waals surface area contributed by atoms with Crippen molar-refractivity contribution >= 4 is 17.6 Å². The smallest absolute Gasteiger partial charge is 0.320 e. The van der Waals surface area contributed by atoms with Crippen molar-refractivity contribution < 1.29 is 9.53 Å². The van der Waals surface area contributed by atoms with E-state index in [0.29, 0.717) is 19.2 Å². The Hall–Kier alpha value is -0.540. The van der Waals surface area contributed by atoms with Gasteiger partial charge in [0.05, 0.1) is 13.2 Å². The molecule has 15 heavy (non-hydrogen) atoms. The van der Waals surface area contributed by atoms with Gasteiger partial charge in [-0.05, 0) is 32.3 Å². The summed E-state index contributed by atoms with van der Waals surface area (Å²) in [5.41, 5.74) is 2.65. The third kappa shape index (κ3) is 4.67. The van der Waals surface area contributed by atoms with Crippen molar-refractivity contribution in [2.75, 3.05) is 19.7 Å². The van der Waals surface area contributed by atoms with E-state index in [0.717, 1.165) is 12.1 Å². The van der Waals surface area contributed by atoms with Crippen LogP contribution in [0, 0.1) is 0 Å². The zero-order valence-corrected chi connectivity index (χ0v) is 10.1. The lowest BCUT2D eigenvalue weighted by molar-refractivity contribution is -0.144. The van der Waals surface area contributed by atoms with Gasteiger partial charge in [0.25, 0.3) is 0 Å². The van der Waals surface area contributed by atoms with Crippen LogP contribution in [-0.4, -0.2) is 36.6 Å². The molecule has 1 aliphatic rings. The van der Waals surface area contributed by atoms with Gasteiger partial charge >= 0.3 is 5.97 Å². The number of hydrogen-bond acceptors (Lipinski definition) is 3. The van der Waals surface area contributed by atoms with Crippen molar-refractivity contribution in [3.8, 4) is 0 Å². The normalized spacial score (nSPS) is 16.9. The standard InChI is InChI=1S/C11H18ClNO2/c1-3-15-11(14)8-13(10-4-5-10)7-9(2)6-12/h6,10H,3-5,7-8H2,1-2H3. The van der Waals surface area contributed by atoms with E-state index in [4.69, 9.17) is 16.3 Å². The molecule has 1 aliphatic carbocycles. The maximum absolute atomic E-state index is 11.3. The van der Waals surface area contributed by atoms with Gasteiger partial charge in [-0.1, -0.05) is 11.6 Å². The third-order valence-electron chi connectivity index (χ3n) is 2.34. The number of halogens is 1. The molecule has 0 amide bonds. The van der Waals surface area contributed by atoms with Gasteiger partial charge in [0.1, 0.15) is 0 Å². The zero-order chi connectivity index (χ0) is 11.3. The molecule has 1 saturated carbocycles. The first-order chi connectivity index (χ1) is 7.17. The van der Waals surface area contributed by atoms with Crippen molar-refractivity contribution in [2.24, 2.45) is 0 Å². The fourth-order valence-corrected chi connectivity index (χ4v) is 1.55. The molecule has 4 heteroatoms. The monoisotopic (exact) mass is 231 g/mol. The molecule has 0 aromatic carbocycles. The summed E-state index contributed by atoms with van der Waals surface area (Å²) in [6.07, 6.45) is 2.35. The fraction of sp³-hybridized carbons (Fsp3) is 0.727. The summed E-state index contributed by atoms with van der Waals surface area (Å²) in [7, 11) is 0. The number of carbonyl (C=O) groups is 1. The Morgan fingerprint density at radius 1 is 1.53 bits per heavy atom. The second-order valence-corrected chi connectivity index (χ2v) is 4.11. The van der Waals surface area contributed by atoms with Crippen molar-refractivity contribution in [2.45, 2.75) is 32.7 Å². The van der Waals surface area contributed by atoms with Crippen LogP contribution >= 0.6 is 11.6 Å². The molecule has 1 rings (SSSR count). The molecule has 0 radical (unpaired) electrons. The van der Waals surface area contributed by atoms with Gasteiger partial charge in [0.15, 0.2) is 0 Å². The molecule has 86 valence electrons. The molecule has 0 atom stereocenters. The first-order valence-corrected chi connectivity index (χ1v) is 5.76. The minimum atomic E-state index is -0.147. The molecule has 0 unspecified atom stereocenters. The average molecular weight is 232 g/mol. The van der Waals surface area contributed by atoms with Crippen LogP contribution in [0.25, 0.3) is 0 Å². The molecular weight excluding hydrogens is 214 g/mol. The molecule has 1 fully saturated rings. The minimum Gasteiger partial charge on any atom is -0.465 e. The lowest BCUT2D eigenvalue weighted by Crippen LogP contribution is -2.34. The van der Waals surface area contributed by atoms with Crippen LogP contribution in [0.15, 0.2) is 11.1 Å². The van der Waals surface area contributed by atoms with E-state index >= 15 is 0 Å². The molecular formula is C11H18ClNO2. The summed E-state index contributed by atoms with van der Waals surface area (Å²) in [6.45, 7) is 5.37. The van der Waals surface area contributed by atoms with Gasteiger partial charge in [0.2, 0.25) is 0 Å². The summed E-state index contributed by atoms with van der Waals surface area (Å²) >= 11 is 5.61. The SMILES string of the molecule is CCOC(=O)CN(CC(C)=CCl)C1CC1. The van der Waals surface area contributed by atoms with Gasteiger partial charge in [-0.2, -0.15) is 0 Å². The Morgan fingerprint density at radius 3 is 2.67 bits per heavy atom. The largest absolute Gasteiger partial charge is 0.465 e. The Kier molecular flexibility index (Phi) is 5.12. The molecule has 0 aromatic heterocycles. The molecule has 0 aromatic rings. The number of rotatable bonds is 6. The summed E-state index contributed by atoms with van der Waals surface area (Å²) in [6, 6.07) is 0.543. The molecule has 0 aliphatic heterocycles. The number of carbonyl (C=O) groups excluding carboxylic acids is 1. The predicted molar refractivity (Wildman–Crippen MR) is 60.8 cm³/mol. The van der Waals surface area contributed by atoms with Gasteiger partial charge < -0.3 is 4.74 Å². The first-order valence-electron chi connectivity index (χ1n) is 5.33. The van der Waals surface area contributed by atoms with E-state index in [2.05, 4.69) is 4.90 Å². The van der Waals surface area contributed by atoms with Crippen molar-refractivity contribution in [3.63, 3.8) is 0 Å². The Balaban J connectivity index is 2.40. The second-order valence-electron chi connectivity index (χ2n) is 3.90. The predicted octanol–water partition coefficient (Wildman–Crippen LogP) is 2.16. The number of ether oxygens (including phenoxy) is 1. The summed E-state index contributed by atoms with van der Waals surface area (Å²) in [5, 5.41) is 0. The number of nitrogens with zero attached hydrogens (tertiary/aromatic N) is 1. The van der Waals surface area contributed by atoms with Crippen molar-refractivity contribution in [3.05, 3.63) is 11.1 Å². The van der Waals surface area contributed by atoms with E-state index in [1.807, 2.05) is 13.8 Å². The lowest BCUT2D eigenvalue weighted by atomic mass is 10.3. The molecule has 0 spiro atoms. The maximum atomic E-state index is 11.3. The van der Waals surface area contributed by atoms with Crippen molar-refractivity contribution in [1.29, 1.82) is 0 Å². The molecule has 3 nitrogen and oxygen atoms in total. The Bertz CT molecular complexity index is 249. The number of hydrogen-bond donors (Lipinski definition) is 0. The molecule has 0 bridgehead atoms. The summed E-state index contributed by atoms with van der Waals surface area (Å²) in [5.74, 6) is -0.147. The third-order valence-corrected chi connectivity index (χ3v) is 2.71. The highest BCUT2D eigenvalue weighted by atomic mass is 35.5. The van der Waals surface area contributed by atoms with E-state index < -0.39 is 0 Å². The van der Waals surface area contributed by atoms with Crippen LogP contribution in [0.1, 0.15) is 26.7 Å².